The van der Waals surface area contributed by atoms with Crippen molar-refractivity contribution in [3.05, 3.63) is 41.4 Å². The number of thioether (sulfide) groups is 1. The Bertz CT molecular complexity index is 1040. The standard InChI is InChI=1S/C17H20N4O3S2/c1-5-14-19-20-17(24-14)15-10(2)16(11(3)18-15)26(22,23)21-12-7-6-8-13(9-12)25-4/h6-9,18,21H,5H2,1-4H3. The number of aryl methyl sites for hydroxylation is 2. The number of anilines is 1. The minimum Gasteiger partial charge on any atom is -0.419 e. The Labute approximate surface area is 156 Å². The first-order valence-electron chi connectivity index (χ1n) is 8.04. The third-order valence-corrected chi connectivity index (χ3v) is 6.32. The third-order valence-electron chi connectivity index (χ3n) is 3.94. The van der Waals surface area contributed by atoms with E-state index in [-0.39, 0.29) is 10.8 Å². The van der Waals surface area contributed by atoms with Crippen LogP contribution < -0.4 is 4.72 Å². The third kappa shape index (κ3) is 3.49. The highest BCUT2D eigenvalue weighted by Crippen LogP contribution is 2.31. The summed E-state index contributed by atoms with van der Waals surface area (Å²) in [5.74, 6) is 0.788. The fraction of sp³-hybridized carbons (Fsp3) is 0.294. The first-order chi connectivity index (χ1) is 12.4. The van der Waals surface area contributed by atoms with Crippen LogP contribution in [-0.4, -0.2) is 29.9 Å². The summed E-state index contributed by atoms with van der Waals surface area (Å²) in [7, 11) is -3.77. The average Bonchev–Trinajstić information content (AvgIpc) is 3.18. The fourth-order valence-electron chi connectivity index (χ4n) is 2.74. The van der Waals surface area contributed by atoms with Crippen molar-refractivity contribution in [3.8, 4) is 11.6 Å². The van der Waals surface area contributed by atoms with E-state index < -0.39 is 10.0 Å². The van der Waals surface area contributed by atoms with Crippen molar-refractivity contribution >= 4 is 27.5 Å². The molecule has 0 aliphatic carbocycles. The fourth-order valence-corrected chi connectivity index (χ4v) is 4.70. The predicted octanol–water partition coefficient (Wildman–Crippen LogP) is 3.77. The predicted molar refractivity (Wildman–Crippen MR) is 102 cm³/mol. The van der Waals surface area contributed by atoms with Gasteiger partial charge in [0.05, 0.1) is 0 Å². The van der Waals surface area contributed by atoms with E-state index in [1.165, 1.54) is 0 Å². The molecule has 0 radical (unpaired) electrons. The minimum absolute atomic E-state index is 0.193. The maximum Gasteiger partial charge on any atom is 0.264 e. The second-order valence-corrected chi connectivity index (χ2v) is 8.27. The molecule has 2 aromatic heterocycles. The summed E-state index contributed by atoms with van der Waals surface area (Å²) in [6, 6.07) is 7.26. The quantitative estimate of drug-likeness (QED) is 0.619. The van der Waals surface area contributed by atoms with Crippen molar-refractivity contribution in [3.63, 3.8) is 0 Å². The molecule has 2 N–H and O–H groups in total. The van der Waals surface area contributed by atoms with Crippen LogP contribution in [0.25, 0.3) is 11.6 Å². The summed E-state index contributed by atoms with van der Waals surface area (Å²) in [4.78, 5) is 4.23. The van der Waals surface area contributed by atoms with Gasteiger partial charge in [-0.2, -0.15) is 0 Å². The van der Waals surface area contributed by atoms with Gasteiger partial charge < -0.3 is 9.40 Å². The van der Waals surface area contributed by atoms with Crippen LogP contribution >= 0.6 is 11.8 Å². The van der Waals surface area contributed by atoms with Crippen LogP contribution in [0.1, 0.15) is 24.1 Å². The summed E-state index contributed by atoms with van der Waals surface area (Å²) in [6.07, 6.45) is 2.56. The topological polar surface area (TPSA) is 101 Å². The number of benzene rings is 1. The van der Waals surface area contributed by atoms with Crippen LogP contribution in [0.4, 0.5) is 5.69 Å². The lowest BCUT2D eigenvalue weighted by Gasteiger charge is -2.09. The Morgan fingerprint density at radius 3 is 2.69 bits per heavy atom. The first-order valence-corrected chi connectivity index (χ1v) is 10.7. The molecule has 2 heterocycles. The van der Waals surface area contributed by atoms with E-state index in [4.69, 9.17) is 4.42 Å². The molecule has 0 aliphatic heterocycles. The molecule has 26 heavy (non-hydrogen) atoms. The van der Waals surface area contributed by atoms with Crippen LogP contribution in [0.3, 0.4) is 0 Å². The number of hydrogen-bond donors (Lipinski definition) is 2. The van der Waals surface area contributed by atoms with Crippen LogP contribution in [0.15, 0.2) is 38.5 Å². The van der Waals surface area contributed by atoms with E-state index in [1.807, 2.05) is 25.3 Å². The number of H-pyrrole nitrogens is 1. The van der Waals surface area contributed by atoms with Gasteiger partial charge in [0, 0.05) is 28.3 Å². The summed E-state index contributed by atoms with van der Waals surface area (Å²) < 4.78 is 34.1. The molecule has 0 aliphatic rings. The summed E-state index contributed by atoms with van der Waals surface area (Å²) in [5.41, 5.74) is 2.10. The van der Waals surface area contributed by atoms with Gasteiger partial charge in [-0.05, 0) is 38.3 Å². The molecule has 3 aromatic rings. The Morgan fingerprint density at radius 1 is 1.27 bits per heavy atom. The lowest BCUT2D eigenvalue weighted by atomic mass is 10.2. The first kappa shape index (κ1) is 18.5. The molecule has 9 heteroatoms. The molecule has 0 saturated carbocycles. The van der Waals surface area contributed by atoms with Crippen molar-refractivity contribution < 1.29 is 12.8 Å². The normalized spacial score (nSPS) is 11.7. The van der Waals surface area contributed by atoms with Crippen LogP contribution in [-0.2, 0) is 16.4 Å². The van der Waals surface area contributed by atoms with E-state index in [0.717, 1.165) is 4.90 Å². The van der Waals surface area contributed by atoms with Gasteiger partial charge in [-0.25, -0.2) is 8.42 Å². The highest BCUT2D eigenvalue weighted by atomic mass is 32.2. The zero-order valence-electron chi connectivity index (χ0n) is 15.0. The van der Waals surface area contributed by atoms with Crippen LogP contribution in [0.2, 0.25) is 0 Å². The second kappa shape index (κ2) is 7.16. The van der Waals surface area contributed by atoms with Crippen molar-refractivity contribution in [2.75, 3.05) is 11.0 Å². The van der Waals surface area contributed by atoms with Crippen LogP contribution in [0, 0.1) is 13.8 Å². The molecule has 7 nitrogen and oxygen atoms in total. The van der Waals surface area contributed by atoms with E-state index >= 15 is 0 Å². The molecule has 138 valence electrons. The van der Waals surface area contributed by atoms with Gasteiger partial charge in [-0.1, -0.05) is 13.0 Å². The Balaban J connectivity index is 1.99. The number of rotatable bonds is 6. The van der Waals surface area contributed by atoms with Gasteiger partial charge >= 0.3 is 0 Å². The van der Waals surface area contributed by atoms with E-state index in [2.05, 4.69) is 19.9 Å². The molecular weight excluding hydrogens is 372 g/mol. The van der Waals surface area contributed by atoms with E-state index in [1.54, 1.807) is 37.7 Å². The maximum absolute atomic E-state index is 12.9. The van der Waals surface area contributed by atoms with Gasteiger partial charge in [0.1, 0.15) is 10.6 Å². The van der Waals surface area contributed by atoms with Crippen molar-refractivity contribution in [1.82, 2.24) is 15.2 Å². The van der Waals surface area contributed by atoms with Gasteiger partial charge in [0.2, 0.25) is 5.89 Å². The molecule has 0 amide bonds. The number of hydrogen-bond acceptors (Lipinski definition) is 6. The largest absolute Gasteiger partial charge is 0.419 e. The molecule has 3 rings (SSSR count). The molecule has 0 saturated heterocycles. The Kier molecular flexibility index (Phi) is 5.10. The van der Waals surface area contributed by atoms with Crippen molar-refractivity contribution in [2.24, 2.45) is 0 Å². The molecule has 0 bridgehead atoms. The molecule has 0 spiro atoms. The zero-order chi connectivity index (χ0) is 18.9. The Hall–Kier alpha value is -2.26. The number of nitrogens with one attached hydrogen (secondary N) is 2. The SMILES string of the molecule is CCc1nnc(-c2[nH]c(C)c(S(=O)(=O)Nc3cccc(SC)c3)c2C)o1. The molecule has 0 atom stereocenters. The van der Waals surface area contributed by atoms with Crippen LogP contribution in [0.5, 0.6) is 0 Å². The number of aromatic nitrogens is 3. The summed E-state index contributed by atoms with van der Waals surface area (Å²) in [5, 5.41) is 7.93. The maximum atomic E-state index is 12.9. The molecule has 0 unspecified atom stereocenters. The number of nitrogens with zero attached hydrogens (tertiary/aromatic N) is 2. The zero-order valence-corrected chi connectivity index (χ0v) is 16.6. The van der Waals surface area contributed by atoms with E-state index in [9.17, 15) is 8.42 Å². The molecule has 1 aromatic carbocycles. The van der Waals surface area contributed by atoms with Crippen molar-refractivity contribution in [2.45, 2.75) is 37.0 Å². The van der Waals surface area contributed by atoms with Gasteiger partial charge in [-0.3, -0.25) is 4.72 Å². The summed E-state index contributed by atoms with van der Waals surface area (Å²) >= 11 is 1.55. The van der Waals surface area contributed by atoms with Gasteiger partial charge in [0.15, 0.2) is 0 Å². The smallest absolute Gasteiger partial charge is 0.264 e. The number of aromatic amines is 1. The number of sulfonamides is 1. The van der Waals surface area contributed by atoms with Gasteiger partial charge in [0.25, 0.3) is 15.9 Å². The minimum atomic E-state index is -3.77. The highest BCUT2D eigenvalue weighted by Gasteiger charge is 2.26. The monoisotopic (exact) mass is 392 g/mol. The van der Waals surface area contributed by atoms with Gasteiger partial charge in [-0.15, -0.1) is 22.0 Å². The lowest BCUT2D eigenvalue weighted by Crippen LogP contribution is -2.14. The van der Waals surface area contributed by atoms with Crippen molar-refractivity contribution in [1.29, 1.82) is 0 Å². The molecular formula is C17H20N4O3S2. The lowest BCUT2D eigenvalue weighted by molar-refractivity contribution is 0.511. The summed E-state index contributed by atoms with van der Waals surface area (Å²) in [6.45, 7) is 5.34. The second-order valence-electron chi connectivity index (χ2n) is 5.77. The highest BCUT2D eigenvalue weighted by molar-refractivity contribution is 7.98. The Morgan fingerprint density at radius 2 is 2.04 bits per heavy atom. The van der Waals surface area contributed by atoms with E-state index in [0.29, 0.717) is 35.0 Å². The molecule has 0 fully saturated rings. The average molecular weight is 393 g/mol.